The molecule has 1 aromatic heterocycles. The Morgan fingerprint density at radius 3 is 1.51 bits per heavy atom. The fraction of sp³-hybridized carbons (Fsp3) is 0.207. The molecular weight excluding hydrogens is 509 g/mol. The van der Waals surface area contributed by atoms with E-state index < -0.39 is 39.0 Å². The maximum absolute atomic E-state index is 14.3. The highest BCUT2D eigenvalue weighted by Crippen LogP contribution is 2.69. The van der Waals surface area contributed by atoms with Crippen molar-refractivity contribution >= 4 is 40.7 Å². The van der Waals surface area contributed by atoms with Crippen molar-refractivity contribution in [1.29, 1.82) is 0 Å². The lowest BCUT2D eigenvalue weighted by Crippen LogP contribution is -2.57. The van der Waals surface area contributed by atoms with E-state index in [9.17, 15) is 14.4 Å². The van der Waals surface area contributed by atoms with Crippen molar-refractivity contribution in [3.63, 3.8) is 0 Å². The van der Waals surface area contributed by atoms with Crippen LogP contribution >= 0.6 is 23.2 Å². The monoisotopic (exact) mass is 529 g/mol. The van der Waals surface area contributed by atoms with Gasteiger partial charge in [0.15, 0.2) is 0 Å². The van der Waals surface area contributed by atoms with Crippen LogP contribution in [-0.4, -0.2) is 21.2 Å². The van der Waals surface area contributed by atoms with E-state index in [2.05, 4.69) is 0 Å². The van der Waals surface area contributed by atoms with E-state index in [1.807, 2.05) is 66.7 Å². The number of alkyl halides is 2. The van der Waals surface area contributed by atoms with Gasteiger partial charge in [-0.05, 0) is 41.3 Å². The number of carbonyl (C=O) groups excluding carboxylic acids is 2. The molecule has 2 atom stereocenters. The standard InChI is InChI=1S/C29H21Cl2N3O3/c1-16-24(27(37)34(32(16)2)17-10-4-3-5-11-17)33-25(35)22-23(26(33)36)29(31)19-13-7-6-12-18(19)28(22,30)20-14-8-9-15-21(20)29/h3-15,22-23H,1-2H3/t22-,23-,28?,29?/m1/s1. The Labute approximate surface area is 222 Å². The number of hydrogen-bond donors (Lipinski definition) is 0. The van der Waals surface area contributed by atoms with Gasteiger partial charge in [0.2, 0.25) is 11.8 Å². The summed E-state index contributed by atoms with van der Waals surface area (Å²) in [5, 5.41) is 0. The molecule has 0 N–H and O–H groups in total. The molecule has 2 bridgehead atoms. The van der Waals surface area contributed by atoms with Gasteiger partial charge in [-0.25, -0.2) is 9.58 Å². The number of anilines is 1. The summed E-state index contributed by atoms with van der Waals surface area (Å²) < 4.78 is 3.11. The second kappa shape index (κ2) is 7.24. The fourth-order valence-corrected chi connectivity index (χ4v) is 7.80. The molecule has 4 aliphatic rings. The summed E-state index contributed by atoms with van der Waals surface area (Å²) >= 11 is 15.0. The van der Waals surface area contributed by atoms with Crippen LogP contribution in [0.25, 0.3) is 5.69 Å². The predicted octanol–water partition coefficient (Wildman–Crippen LogP) is 4.58. The van der Waals surface area contributed by atoms with Crippen molar-refractivity contribution in [1.82, 2.24) is 9.36 Å². The molecule has 1 fully saturated rings. The number of carbonyl (C=O) groups is 2. The van der Waals surface area contributed by atoms with Crippen LogP contribution in [0.3, 0.4) is 0 Å². The molecule has 37 heavy (non-hydrogen) atoms. The lowest BCUT2D eigenvalue weighted by Gasteiger charge is -2.54. The third-order valence-corrected chi connectivity index (χ3v) is 9.62. The highest BCUT2D eigenvalue weighted by molar-refractivity contribution is 6.38. The van der Waals surface area contributed by atoms with Crippen molar-refractivity contribution in [3.8, 4) is 5.69 Å². The number of benzene rings is 3. The maximum atomic E-state index is 14.3. The summed E-state index contributed by atoms with van der Waals surface area (Å²) in [5.74, 6) is -2.95. The van der Waals surface area contributed by atoms with Gasteiger partial charge in [-0.15, -0.1) is 23.2 Å². The summed E-state index contributed by atoms with van der Waals surface area (Å²) in [4.78, 5) is 40.8. The molecule has 3 aromatic carbocycles. The van der Waals surface area contributed by atoms with Gasteiger partial charge in [0.1, 0.15) is 15.4 Å². The molecule has 1 aliphatic heterocycles. The molecule has 184 valence electrons. The Bertz CT molecular complexity index is 1600. The largest absolute Gasteiger partial charge is 0.296 e. The lowest BCUT2D eigenvalue weighted by atomic mass is 9.54. The van der Waals surface area contributed by atoms with E-state index >= 15 is 0 Å². The molecule has 8 heteroatoms. The Hall–Kier alpha value is -3.61. The van der Waals surface area contributed by atoms with Gasteiger partial charge in [-0.1, -0.05) is 66.7 Å². The molecule has 3 aliphatic carbocycles. The molecule has 8 rings (SSSR count). The zero-order valence-electron chi connectivity index (χ0n) is 20.0. The lowest BCUT2D eigenvalue weighted by molar-refractivity contribution is -0.122. The minimum atomic E-state index is -1.29. The van der Waals surface area contributed by atoms with Gasteiger partial charge >= 0.3 is 0 Å². The van der Waals surface area contributed by atoms with Crippen LogP contribution in [0.5, 0.6) is 0 Å². The maximum Gasteiger partial charge on any atom is 0.296 e. The molecule has 2 amide bonds. The number of hydrogen-bond acceptors (Lipinski definition) is 3. The Morgan fingerprint density at radius 1 is 0.676 bits per heavy atom. The summed E-state index contributed by atoms with van der Waals surface area (Å²) in [5.41, 5.74) is 3.58. The van der Waals surface area contributed by atoms with Crippen molar-refractivity contribution in [2.24, 2.45) is 18.9 Å². The van der Waals surface area contributed by atoms with Crippen LogP contribution < -0.4 is 10.5 Å². The van der Waals surface area contributed by atoms with Crippen LogP contribution in [-0.2, 0) is 26.4 Å². The highest BCUT2D eigenvalue weighted by atomic mass is 35.5. The van der Waals surface area contributed by atoms with Crippen molar-refractivity contribution < 1.29 is 9.59 Å². The zero-order chi connectivity index (χ0) is 25.9. The number of aromatic nitrogens is 2. The summed E-state index contributed by atoms with van der Waals surface area (Å²) in [6.45, 7) is 1.73. The Kier molecular flexibility index (Phi) is 4.42. The first-order valence-corrected chi connectivity index (χ1v) is 12.8. The molecule has 0 saturated carbocycles. The van der Waals surface area contributed by atoms with Crippen molar-refractivity contribution in [3.05, 3.63) is 117 Å². The van der Waals surface area contributed by atoms with Gasteiger partial charge in [0.25, 0.3) is 5.56 Å². The van der Waals surface area contributed by atoms with E-state index in [4.69, 9.17) is 23.2 Å². The number of amides is 2. The first-order chi connectivity index (χ1) is 17.7. The summed E-state index contributed by atoms with van der Waals surface area (Å²) in [6, 6.07) is 24.1. The van der Waals surface area contributed by atoms with E-state index in [0.29, 0.717) is 11.4 Å². The number of imide groups is 1. The second-order valence-corrected chi connectivity index (χ2v) is 11.1. The second-order valence-electron chi connectivity index (χ2n) is 9.89. The number of rotatable bonds is 2. The molecule has 6 nitrogen and oxygen atoms in total. The van der Waals surface area contributed by atoms with E-state index in [0.717, 1.165) is 27.2 Å². The highest BCUT2D eigenvalue weighted by Gasteiger charge is 2.73. The van der Waals surface area contributed by atoms with Crippen molar-refractivity contribution in [2.45, 2.75) is 16.7 Å². The molecule has 1 saturated heterocycles. The Balaban J connectivity index is 1.49. The normalized spacial score (nSPS) is 27.3. The SMILES string of the molecule is Cc1c(N2C(=O)[C@H]3[C@H](C2=O)C2(Cl)c4ccccc4C3(Cl)c3ccccc32)c(=O)n(-c2ccccc2)n1C. The number of nitrogens with zero attached hydrogens (tertiary/aromatic N) is 3. The average molecular weight is 530 g/mol. The predicted molar refractivity (Wildman–Crippen MR) is 141 cm³/mol. The number of halogens is 2. The topological polar surface area (TPSA) is 64.3 Å². The quantitative estimate of drug-likeness (QED) is 0.282. The van der Waals surface area contributed by atoms with Gasteiger partial charge in [0, 0.05) is 7.05 Å². The molecular formula is C29H21Cl2N3O3. The van der Waals surface area contributed by atoms with Crippen LogP contribution in [0.2, 0.25) is 0 Å². The first-order valence-electron chi connectivity index (χ1n) is 12.0. The molecule has 0 radical (unpaired) electrons. The minimum Gasteiger partial charge on any atom is -0.283 e. The molecule has 0 spiro atoms. The van der Waals surface area contributed by atoms with Crippen LogP contribution in [0.1, 0.15) is 27.9 Å². The van der Waals surface area contributed by atoms with E-state index in [1.54, 1.807) is 30.8 Å². The molecule has 4 aromatic rings. The van der Waals surface area contributed by atoms with Crippen molar-refractivity contribution in [2.75, 3.05) is 4.90 Å². The molecule has 2 heterocycles. The summed E-state index contributed by atoms with van der Waals surface area (Å²) in [6.07, 6.45) is 0. The van der Waals surface area contributed by atoms with Gasteiger partial charge in [-0.2, -0.15) is 0 Å². The van der Waals surface area contributed by atoms with E-state index in [1.165, 1.54) is 4.68 Å². The van der Waals surface area contributed by atoms with Gasteiger partial charge < -0.3 is 0 Å². The third-order valence-electron chi connectivity index (χ3n) is 8.33. The average Bonchev–Trinajstić information content (AvgIpc) is 3.31. The smallest absolute Gasteiger partial charge is 0.283 e. The number of para-hydroxylation sites is 1. The van der Waals surface area contributed by atoms with Crippen LogP contribution in [0.15, 0.2) is 83.7 Å². The van der Waals surface area contributed by atoms with Gasteiger partial charge in [0.05, 0.1) is 23.2 Å². The van der Waals surface area contributed by atoms with Gasteiger partial charge in [-0.3, -0.25) is 19.1 Å². The van der Waals surface area contributed by atoms with Crippen LogP contribution in [0.4, 0.5) is 5.69 Å². The first kappa shape index (κ1) is 22.6. The third kappa shape index (κ3) is 2.45. The zero-order valence-corrected chi connectivity index (χ0v) is 21.5. The van der Waals surface area contributed by atoms with E-state index in [-0.39, 0.29) is 5.69 Å². The minimum absolute atomic E-state index is 0.0313. The summed E-state index contributed by atoms with van der Waals surface area (Å²) in [7, 11) is 1.73. The fourth-order valence-electron chi connectivity index (χ4n) is 6.70. The van der Waals surface area contributed by atoms with Crippen LogP contribution in [0, 0.1) is 18.8 Å². The molecule has 0 unspecified atom stereocenters. The Morgan fingerprint density at radius 2 is 1.08 bits per heavy atom.